The van der Waals surface area contributed by atoms with Crippen LogP contribution in [0.25, 0.3) is 0 Å². The molecule has 0 aliphatic heterocycles. The van der Waals surface area contributed by atoms with Gasteiger partial charge in [-0.3, -0.25) is 0 Å². The summed E-state index contributed by atoms with van der Waals surface area (Å²) in [7, 11) is 0. The summed E-state index contributed by atoms with van der Waals surface area (Å²) in [5.41, 5.74) is -0.0484. The maximum atomic E-state index is 13.4. The van der Waals surface area contributed by atoms with Crippen LogP contribution in [0.15, 0.2) is 18.2 Å². The van der Waals surface area contributed by atoms with Crippen LogP contribution in [0.4, 0.5) is 10.1 Å². The van der Waals surface area contributed by atoms with Crippen molar-refractivity contribution in [1.29, 1.82) is 0 Å². The Morgan fingerprint density at radius 1 is 1.56 bits per heavy atom. The van der Waals surface area contributed by atoms with E-state index in [2.05, 4.69) is 11.2 Å². The van der Waals surface area contributed by atoms with Gasteiger partial charge in [-0.05, 0) is 18.6 Å². The number of unbranched alkanes of at least 4 members (excludes halogenated alkanes) is 1. The van der Waals surface area contributed by atoms with Gasteiger partial charge in [0.2, 0.25) is 0 Å². The first-order chi connectivity index (χ1) is 7.66. The summed E-state index contributed by atoms with van der Waals surface area (Å²) in [5, 5.41) is 11.6. The molecule has 1 aromatic carbocycles. The molecule has 0 spiro atoms. The van der Waals surface area contributed by atoms with Gasteiger partial charge in [0.1, 0.15) is 5.82 Å². The van der Waals surface area contributed by atoms with Crippen LogP contribution in [0, 0.1) is 18.2 Å². The number of anilines is 1. The zero-order valence-electron chi connectivity index (χ0n) is 8.66. The molecule has 0 fully saturated rings. The Kier molecular flexibility index (Phi) is 4.34. The highest BCUT2D eigenvalue weighted by molar-refractivity contribution is 5.94. The Morgan fingerprint density at radius 2 is 2.31 bits per heavy atom. The number of rotatable bonds is 5. The molecule has 0 bridgehead atoms. The van der Waals surface area contributed by atoms with E-state index in [0.717, 1.165) is 0 Å². The molecule has 4 heteroatoms. The molecule has 84 valence electrons. The number of hydrogen-bond donors (Lipinski definition) is 2. The Bertz CT molecular complexity index is 424. The van der Waals surface area contributed by atoms with Crippen molar-refractivity contribution in [1.82, 2.24) is 0 Å². The second-order valence-electron chi connectivity index (χ2n) is 3.20. The van der Waals surface area contributed by atoms with Crippen molar-refractivity contribution in [3.63, 3.8) is 0 Å². The summed E-state index contributed by atoms with van der Waals surface area (Å²) in [6.45, 7) is 0.450. The summed E-state index contributed by atoms with van der Waals surface area (Å²) in [6.07, 6.45) is 6.31. The average molecular weight is 221 g/mol. The van der Waals surface area contributed by atoms with Crippen LogP contribution in [0.5, 0.6) is 0 Å². The van der Waals surface area contributed by atoms with Crippen molar-refractivity contribution < 1.29 is 14.3 Å². The molecule has 0 saturated heterocycles. The summed E-state index contributed by atoms with van der Waals surface area (Å²) in [6, 6.07) is 3.94. The van der Waals surface area contributed by atoms with E-state index in [0.29, 0.717) is 19.4 Å². The smallest absolute Gasteiger partial charge is 0.337 e. The fourth-order valence-corrected chi connectivity index (χ4v) is 1.29. The Labute approximate surface area is 93.3 Å². The molecule has 16 heavy (non-hydrogen) atoms. The molecule has 0 aromatic heterocycles. The fourth-order valence-electron chi connectivity index (χ4n) is 1.29. The number of carboxylic acid groups (broad SMARTS) is 1. The molecule has 0 radical (unpaired) electrons. The first kappa shape index (κ1) is 12.1. The molecule has 3 nitrogen and oxygen atoms in total. The Morgan fingerprint density at radius 3 is 2.94 bits per heavy atom. The van der Waals surface area contributed by atoms with Crippen molar-refractivity contribution in [2.24, 2.45) is 0 Å². The largest absolute Gasteiger partial charge is 0.478 e. The van der Waals surface area contributed by atoms with Gasteiger partial charge in [0.25, 0.3) is 0 Å². The Hall–Kier alpha value is -2.02. The molecule has 1 aromatic rings. The average Bonchev–Trinajstić information content (AvgIpc) is 2.25. The highest BCUT2D eigenvalue weighted by atomic mass is 19.1. The normalized spacial score (nSPS) is 9.50. The standard InChI is InChI=1S/C12H12FNO2/c1-2-3-4-8-14-11-9(12(15)16)6-5-7-10(11)13/h1,5-7,14H,3-4,8H2,(H,15,16). The predicted octanol–water partition coefficient (Wildman–Crippen LogP) is 2.35. The van der Waals surface area contributed by atoms with Gasteiger partial charge < -0.3 is 10.4 Å². The van der Waals surface area contributed by atoms with Crippen LogP contribution in [-0.4, -0.2) is 17.6 Å². The summed E-state index contributed by atoms with van der Waals surface area (Å²) >= 11 is 0. The number of nitrogens with one attached hydrogen (secondary N) is 1. The minimum atomic E-state index is -1.15. The number of benzene rings is 1. The molecule has 0 amide bonds. The first-order valence-corrected chi connectivity index (χ1v) is 4.86. The molecule has 0 saturated carbocycles. The maximum absolute atomic E-state index is 13.4. The van der Waals surface area contributed by atoms with Crippen LogP contribution >= 0.6 is 0 Å². The van der Waals surface area contributed by atoms with Gasteiger partial charge in [-0.1, -0.05) is 6.07 Å². The summed E-state index contributed by atoms with van der Waals surface area (Å²) in [4.78, 5) is 10.8. The van der Waals surface area contributed by atoms with Crippen molar-refractivity contribution in [3.05, 3.63) is 29.6 Å². The zero-order valence-corrected chi connectivity index (χ0v) is 8.66. The molecule has 0 aliphatic carbocycles. The summed E-state index contributed by atoms with van der Waals surface area (Å²) < 4.78 is 13.4. The first-order valence-electron chi connectivity index (χ1n) is 4.86. The van der Waals surface area contributed by atoms with Crippen molar-refractivity contribution >= 4 is 11.7 Å². The second kappa shape index (κ2) is 5.76. The predicted molar refractivity (Wildman–Crippen MR) is 59.9 cm³/mol. The van der Waals surface area contributed by atoms with E-state index in [1.165, 1.54) is 18.2 Å². The molecule has 0 unspecified atom stereocenters. The highest BCUT2D eigenvalue weighted by Gasteiger charge is 2.13. The molecule has 0 aliphatic rings. The lowest BCUT2D eigenvalue weighted by Crippen LogP contribution is -2.09. The van der Waals surface area contributed by atoms with E-state index < -0.39 is 11.8 Å². The zero-order chi connectivity index (χ0) is 12.0. The lowest BCUT2D eigenvalue weighted by Gasteiger charge is -2.09. The molecule has 0 atom stereocenters. The van der Waals surface area contributed by atoms with Crippen molar-refractivity contribution in [2.45, 2.75) is 12.8 Å². The van der Waals surface area contributed by atoms with Gasteiger partial charge in [-0.2, -0.15) is 0 Å². The van der Waals surface area contributed by atoms with Gasteiger partial charge in [0, 0.05) is 13.0 Å². The SMILES string of the molecule is C#CCCCNc1c(F)cccc1C(=O)O. The van der Waals surface area contributed by atoms with E-state index in [1.54, 1.807) is 0 Å². The number of halogens is 1. The number of para-hydroxylation sites is 1. The fraction of sp³-hybridized carbons (Fsp3) is 0.250. The number of carbonyl (C=O) groups is 1. The topological polar surface area (TPSA) is 49.3 Å². The maximum Gasteiger partial charge on any atom is 0.337 e. The third-order valence-corrected chi connectivity index (χ3v) is 2.04. The van der Waals surface area contributed by atoms with Gasteiger partial charge in [0.15, 0.2) is 0 Å². The number of hydrogen-bond acceptors (Lipinski definition) is 2. The number of terminal acetylenes is 1. The lowest BCUT2D eigenvalue weighted by molar-refractivity contribution is 0.0697. The minimum absolute atomic E-state index is 0.0204. The van der Waals surface area contributed by atoms with Crippen molar-refractivity contribution in [3.8, 4) is 12.3 Å². The Balaban J connectivity index is 2.77. The minimum Gasteiger partial charge on any atom is -0.478 e. The monoisotopic (exact) mass is 221 g/mol. The van der Waals surface area contributed by atoms with Gasteiger partial charge in [-0.15, -0.1) is 12.3 Å². The van der Waals surface area contributed by atoms with Crippen molar-refractivity contribution in [2.75, 3.05) is 11.9 Å². The number of carboxylic acids is 1. The van der Waals surface area contributed by atoms with Crippen LogP contribution in [0.3, 0.4) is 0 Å². The molecule has 2 N–H and O–H groups in total. The van der Waals surface area contributed by atoms with Crippen LogP contribution < -0.4 is 5.32 Å². The van der Waals surface area contributed by atoms with Gasteiger partial charge in [0.05, 0.1) is 11.3 Å². The third kappa shape index (κ3) is 2.99. The van der Waals surface area contributed by atoms with E-state index in [-0.39, 0.29) is 11.3 Å². The van der Waals surface area contributed by atoms with Gasteiger partial charge in [-0.25, -0.2) is 9.18 Å². The van der Waals surface area contributed by atoms with Crippen LogP contribution in [-0.2, 0) is 0 Å². The lowest BCUT2D eigenvalue weighted by atomic mass is 10.1. The quantitative estimate of drug-likeness (QED) is 0.592. The van der Waals surface area contributed by atoms with E-state index in [1.807, 2.05) is 0 Å². The molecule has 0 heterocycles. The van der Waals surface area contributed by atoms with Crippen LogP contribution in [0.2, 0.25) is 0 Å². The second-order valence-corrected chi connectivity index (χ2v) is 3.20. The molecule has 1 rings (SSSR count). The van der Waals surface area contributed by atoms with Gasteiger partial charge >= 0.3 is 5.97 Å². The van der Waals surface area contributed by atoms with E-state index >= 15 is 0 Å². The third-order valence-electron chi connectivity index (χ3n) is 2.04. The molecular weight excluding hydrogens is 209 g/mol. The van der Waals surface area contributed by atoms with E-state index in [9.17, 15) is 9.18 Å². The summed E-state index contributed by atoms with van der Waals surface area (Å²) in [5.74, 6) is 0.733. The molecular formula is C12H12FNO2. The number of aromatic carboxylic acids is 1. The highest BCUT2D eigenvalue weighted by Crippen LogP contribution is 2.19. The van der Waals surface area contributed by atoms with E-state index in [4.69, 9.17) is 11.5 Å². The van der Waals surface area contributed by atoms with Crippen LogP contribution in [0.1, 0.15) is 23.2 Å².